The molecular formula is C15H22N2O3S. The Bertz CT molecular complexity index is 579. The second-order valence-electron chi connectivity index (χ2n) is 4.98. The van der Waals surface area contributed by atoms with E-state index in [1.54, 1.807) is 0 Å². The van der Waals surface area contributed by atoms with Gasteiger partial charge in [-0.2, -0.15) is 5.26 Å². The maximum atomic E-state index is 11.0. The summed E-state index contributed by atoms with van der Waals surface area (Å²) in [4.78, 5) is 2.08. The third-order valence-electron chi connectivity index (χ3n) is 2.96. The normalized spacial score (nSPS) is 11.1. The van der Waals surface area contributed by atoms with Crippen molar-refractivity contribution in [2.24, 2.45) is 0 Å². The molecule has 0 radical (unpaired) electrons. The minimum atomic E-state index is -2.98. The number of nitrogens with zero attached hydrogens (tertiary/aromatic N) is 2. The van der Waals surface area contributed by atoms with Gasteiger partial charge in [-0.15, -0.1) is 0 Å². The van der Waals surface area contributed by atoms with Crippen LogP contribution in [0.25, 0.3) is 0 Å². The monoisotopic (exact) mass is 310 g/mol. The average molecular weight is 310 g/mol. The first kappa shape index (κ1) is 17.5. The number of ether oxygens (including phenoxy) is 1. The third kappa shape index (κ3) is 7.69. The van der Waals surface area contributed by atoms with Gasteiger partial charge in [-0.1, -0.05) is 12.1 Å². The first-order valence-electron chi connectivity index (χ1n) is 6.86. The van der Waals surface area contributed by atoms with Crippen LogP contribution in [-0.4, -0.2) is 46.7 Å². The molecule has 21 heavy (non-hydrogen) atoms. The molecule has 0 unspecified atom stereocenters. The maximum absolute atomic E-state index is 11.0. The summed E-state index contributed by atoms with van der Waals surface area (Å²) < 4.78 is 27.4. The third-order valence-corrected chi connectivity index (χ3v) is 3.87. The second-order valence-corrected chi connectivity index (χ2v) is 7.24. The molecule has 0 spiro atoms. The van der Waals surface area contributed by atoms with Crippen LogP contribution in [0.3, 0.4) is 0 Å². The molecule has 1 aromatic carbocycles. The van der Waals surface area contributed by atoms with Gasteiger partial charge < -0.3 is 9.64 Å². The molecule has 1 aromatic rings. The fraction of sp³-hybridized carbons (Fsp3) is 0.533. The molecule has 116 valence electrons. The molecule has 0 heterocycles. The van der Waals surface area contributed by atoms with Crippen molar-refractivity contribution in [1.29, 1.82) is 5.26 Å². The van der Waals surface area contributed by atoms with Gasteiger partial charge in [0.1, 0.15) is 9.84 Å². The van der Waals surface area contributed by atoms with Gasteiger partial charge in [0.2, 0.25) is 0 Å². The summed E-state index contributed by atoms with van der Waals surface area (Å²) in [6, 6.07) is 10.2. The van der Waals surface area contributed by atoms with E-state index in [1.807, 2.05) is 25.1 Å². The van der Waals surface area contributed by atoms with Crippen LogP contribution in [-0.2, 0) is 14.6 Å². The minimum absolute atomic E-state index is 0.0373. The number of hydrogen-bond acceptors (Lipinski definition) is 5. The average Bonchev–Trinajstić information content (AvgIpc) is 2.40. The highest BCUT2D eigenvalue weighted by Gasteiger charge is 2.07. The smallest absolute Gasteiger partial charge is 0.149 e. The van der Waals surface area contributed by atoms with Crippen molar-refractivity contribution >= 4 is 15.5 Å². The molecule has 0 N–H and O–H groups in total. The Morgan fingerprint density at radius 2 is 2.05 bits per heavy atom. The highest BCUT2D eigenvalue weighted by atomic mass is 32.2. The Kier molecular flexibility index (Phi) is 7.20. The predicted molar refractivity (Wildman–Crippen MR) is 84.2 cm³/mol. The Balaban J connectivity index is 2.49. The van der Waals surface area contributed by atoms with Crippen molar-refractivity contribution in [2.75, 3.05) is 43.2 Å². The number of rotatable bonds is 9. The number of nitriles is 1. The summed E-state index contributed by atoms with van der Waals surface area (Å²) in [6.07, 6.45) is 1.64. The van der Waals surface area contributed by atoms with E-state index in [1.165, 1.54) is 6.26 Å². The molecule has 0 aliphatic carbocycles. The van der Waals surface area contributed by atoms with Gasteiger partial charge in [0.15, 0.2) is 0 Å². The van der Waals surface area contributed by atoms with Crippen molar-refractivity contribution in [3.8, 4) is 6.07 Å². The Hall–Kier alpha value is -1.58. The maximum Gasteiger partial charge on any atom is 0.149 e. The van der Waals surface area contributed by atoms with E-state index < -0.39 is 9.84 Å². The van der Waals surface area contributed by atoms with E-state index in [9.17, 15) is 8.42 Å². The van der Waals surface area contributed by atoms with Crippen LogP contribution in [0.2, 0.25) is 0 Å². The van der Waals surface area contributed by atoms with Crippen molar-refractivity contribution < 1.29 is 13.2 Å². The highest BCUT2D eigenvalue weighted by Crippen LogP contribution is 2.15. The SMILES string of the molecule is Cc1cccc(N(CCC#N)CCOCCS(C)(=O)=O)c1. The van der Waals surface area contributed by atoms with Gasteiger partial charge >= 0.3 is 0 Å². The molecule has 0 amide bonds. The summed E-state index contributed by atoms with van der Waals surface area (Å²) in [5, 5.41) is 8.74. The minimum Gasteiger partial charge on any atom is -0.379 e. The van der Waals surface area contributed by atoms with Crippen molar-refractivity contribution in [1.82, 2.24) is 0 Å². The molecule has 6 heteroatoms. The molecule has 0 fully saturated rings. The van der Waals surface area contributed by atoms with Gasteiger partial charge in [-0.3, -0.25) is 0 Å². The van der Waals surface area contributed by atoms with Crippen molar-refractivity contribution in [3.63, 3.8) is 0 Å². The Labute approximate surface area is 127 Å². The lowest BCUT2D eigenvalue weighted by atomic mass is 10.2. The topological polar surface area (TPSA) is 70.4 Å². The van der Waals surface area contributed by atoms with E-state index in [2.05, 4.69) is 17.0 Å². The highest BCUT2D eigenvalue weighted by molar-refractivity contribution is 7.90. The van der Waals surface area contributed by atoms with Gasteiger partial charge in [-0.05, 0) is 24.6 Å². The zero-order valence-electron chi connectivity index (χ0n) is 12.6. The molecule has 0 aliphatic rings. The largest absolute Gasteiger partial charge is 0.379 e. The predicted octanol–water partition coefficient (Wildman–Crippen LogP) is 1.78. The molecule has 0 aromatic heterocycles. The van der Waals surface area contributed by atoms with Crippen LogP contribution in [0, 0.1) is 18.3 Å². The van der Waals surface area contributed by atoms with Gasteiger partial charge in [-0.25, -0.2) is 8.42 Å². The summed E-state index contributed by atoms with van der Waals surface area (Å²) in [6.45, 7) is 3.94. The number of hydrogen-bond donors (Lipinski definition) is 0. The van der Waals surface area contributed by atoms with Gasteiger partial charge in [0.25, 0.3) is 0 Å². The van der Waals surface area contributed by atoms with Crippen LogP contribution in [0.1, 0.15) is 12.0 Å². The quantitative estimate of drug-likeness (QED) is 0.650. The summed E-state index contributed by atoms with van der Waals surface area (Å²) >= 11 is 0. The number of anilines is 1. The van der Waals surface area contributed by atoms with Gasteiger partial charge in [0.05, 0.1) is 31.5 Å². The zero-order chi connectivity index (χ0) is 15.7. The molecule has 5 nitrogen and oxygen atoms in total. The number of aryl methyl sites for hydroxylation is 1. The van der Waals surface area contributed by atoms with E-state index in [-0.39, 0.29) is 12.4 Å². The summed E-state index contributed by atoms with van der Waals surface area (Å²) in [7, 11) is -2.98. The van der Waals surface area contributed by atoms with Crippen LogP contribution < -0.4 is 4.90 Å². The van der Waals surface area contributed by atoms with Crippen LogP contribution >= 0.6 is 0 Å². The molecule has 1 rings (SSSR count). The van der Waals surface area contributed by atoms with Crippen LogP contribution in [0.4, 0.5) is 5.69 Å². The van der Waals surface area contributed by atoms with Crippen LogP contribution in [0.5, 0.6) is 0 Å². The second kappa shape index (κ2) is 8.65. The summed E-state index contributed by atoms with van der Waals surface area (Å²) in [5.41, 5.74) is 2.21. The molecule has 0 saturated heterocycles. The Morgan fingerprint density at radius 3 is 2.67 bits per heavy atom. The van der Waals surface area contributed by atoms with Crippen molar-refractivity contribution in [2.45, 2.75) is 13.3 Å². The first-order chi connectivity index (χ1) is 9.92. The van der Waals surface area contributed by atoms with E-state index in [0.717, 1.165) is 11.3 Å². The molecular weight excluding hydrogens is 288 g/mol. The standard InChI is InChI=1S/C15H22N2O3S/c1-14-5-3-6-15(13-14)17(8-4-7-16)9-10-20-11-12-21(2,18)19/h3,5-6,13H,4,8-12H2,1-2H3. The lowest BCUT2D eigenvalue weighted by molar-refractivity contribution is 0.155. The molecule has 0 aliphatic heterocycles. The molecule has 0 atom stereocenters. The Morgan fingerprint density at radius 1 is 1.29 bits per heavy atom. The first-order valence-corrected chi connectivity index (χ1v) is 8.92. The van der Waals surface area contributed by atoms with E-state index >= 15 is 0 Å². The fourth-order valence-electron chi connectivity index (χ4n) is 1.87. The number of sulfone groups is 1. The lowest BCUT2D eigenvalue weighted by Gasteiger charge is -2.24. The molecule has 0 bridgehead atoms. The van der Waals surface area contributed by atoms with E-state index in [4.69, 9.17) is 10.00 Å². The van der Waals surface area contributed by atoms with Gasteiger partial charge in [0, 0.05) is 25.0 Å². The molecule has 0 saturated carbocycles. The fourth-order valence-corrected chi connectivity index (χ4v) is 2.29. The van der Waals surface area contributed by atoms with Crippen molar-refractivity contribution in [3.05, 3.63) is 29.8 Å². The zero-order valence-corrected chi connectivity index (χ0v) is 13.4. The van der Waals surface area contributed by atoms with E-state index in [0.29, 0.717) is 26.1 Å². The van der Waals surface area contributed by atoms with Crippen LogP contribution in [0.15, 0.2) is 24.3 Å². The number of benzene rings is 1. The lowest BCUT2D eigenvalue weighted by Crippen LogP contribution is -2.29. The summed E-state index contributed by atoms with van der Waals surface area (Å²) in [5.74, 6) is 0.0373.